The van der Waals surface area contributed by atoms with Crippen molar-refractivity contribution in [3.05, 3.63) is 47.3 Å². The maximum Gasteiger partial charge on any atom is 0.270 e. The second-order valence-electron chi connectivity index (χ2n) is 4.81. The van der Waals surface area contributed by atoms with Gasteiger partial charge in [0, 0.05) is 12.2 Å². The lowest BCUT2D eigenvalue weighted by Crippen LogP contribution is -2.29. The monoisotopic (exact) mass is 272 g/mol. The number of nitrogens with zero attached hydrogens (tertiary/aromatic N) is 2. The van der Waals surface area contributed by atoms with Crippen LogP contribution in [0.15, 0.2) is 30.3 Å². The Morgan fingerprint density at radius 2 is 2.15 bits per heavy atom. The van der Waals surface area contributed by atoms with Crippen LogP contribution in [-0.2, 0) is 6.54 Å². The highest BCUT2D eigenvalue weighted by Crippen LogP contribution is 2.19. The summed E-state index contributed by atoms with van der Waals surface area (Å²) in [7, 11) is 0. The summed E-state index contributed by atoms with van der Waals surface area (Å²) < 4.78 is 1.70. The zero-order chi connectivity index (χ0) is 14.7. The minimum Gasteiger partial charge on any atom is -0.398 e. The van der Waals surface area contributed by atoms with Gasteiger partial charge in [0.05, 0.1) is 11.7 Å². The van der Waals surface area contributed by atoms with Crippen molar-refractivity contribution < 1.29 is 4.79 Å². The number of hydrogen-bond acceptors (Lipinski definition) is 3. The molecule has 3 N–H and O–H groups in total. The predicted octanol–water partition coefficient (Wildman–Crippen LogP) is 2.28. The van der Waals surface area contributed by atoms with Crippen LogP contribution in [-0.4, -0.2) is 15.7 Å². The number of hydrogen-bond donors (Lipinski definition) is 2. The van der Waals surface area contributed by atoms with E-state index in [0.29, 0.717) is 17.9 Å². The summed E-state index contributed by atoms with van der Waals surface area (Å²) in [6, 6.07) is 9.18. The zero-order valence-corrected chi connectivity index (χ0v) is 12.1. The zero-order valence-electron chi connectivity index (χ0n) is 12.1. The van der Waals surface area contributed by atoms with Gasteiger partial charge in [-0.2, -0.15) is 5.10 Å². The molecule has 0 spiro atoms. The maximum atomic E-state index is 12.3. The van der Waals surface area contributed by atoms with Crippen LogP contribution in [0.1, 0.15) is 41.6 Å². The smallest absolute Gasteiger partial charge is 0.270 e. The molecule has 1 heterocycles. The summed E-state index contributed by atoms with van der Waals surface area (Å²) in [6.07, 6.45) is 0. The van der Waals surface area contributed by atoms with Crippen LogP contribution in [0.25, 0.3) is 0 Å². The first-order valence-electron chi connectivity index (χ1n) is 6.72. The molecule has 0 radical (unpaired) electrons. The Morgan fingerprint density at radius 3 is 2.80 bits per heavy atom. The first-order chi connectivity index (χ1) is 9.52. The number of benzene rings is 1. The number of anilines is 1. The van der Waals surface area contributed by atoms with Gasteiger partial charge in [-0.15, -0.1) is 0 Å². The summed E-state index contributed by atoms with van der Waals surface area (Å²) in [4.78, 5) is 12.3. The molecule has 5 heteroatoms. The molecule has 2 aromatic rings. The van der Waals surface area contributed by atoms with Crippen molar-refractivity contribution in [2.45, 2.75) is 33.4 Å². The lowest BCUT2D eigenvalue weighted by molar-refractivity contribution is 0.0929. The van der Waals surface area contributed by atoms with E-state index in [0.717, 1.165) is 11.3 Å². The number of carbonyl (C=O) groups excluding carboxylic acids is 1. The lowest BCUT2D eigenvalue weighted by atomic mass is 10.1. The minimum atomic E-state index is -0.149. The third-order valence-corrected chi connectivity index (χ3v) is 3.24. The van der Waals surface area contributed by atoms with E-state index in [-0.39, 0.29) is 11.9 Å². The van der Waals surface area contributed by atoms with E-state index in [2.05, 4.69) is 10.4 Å². The molecule has 0 bridgehead atoms. The lowest BCUT2D eigenvalue weighted by Gasteiger charge is -2.16. The van der Waals surface area contributed by atoms with Crippen molar-refractivity contribution in [2.75, 3.05) is 5.73 Å². The molecular formula is C15H20N4O. The largest absolute Gasteiger partial charge is 0.398 e. The molecule has 0 aliphatic carbocycles. The van der Waals surface area contributed by atoms with Gasteiger partial charge in [0.2, 0.25) is 0 Å². The van der Waals surface area contributed by atoms with Crippen molar-refractivity contribution in [2.24, 2.45) is 0 Å². The van der Waals surface area contributed by atoms with E-state index in [1.54, 1.807) is 10.7 Å². The van der Waals surface area contributed by atoms with Crippen molar-refractivity contribution >= 4 is 11.6 Å². The van der Waals surface area contributed by atoms with E-state index in [9.17, 15) is 4.79 Å². The average molecular weight is 272 g/mol. The third kappa shape index (κ3) is 2.82. The molecule has 0 saturated carbocycles. The summed E-state index contributed by atoms with van der Waals surface area (Å²) in [5.41, 5.74) is 8.94. The maximum absolute atomic E-state index is 12.3. The minimum absolute atomic E-state index is 0.136. The first-order valence-corrected chi connectivity index (χ1v) is 6.72. The van der Waals surface area contributed by atoms with Crippen LogP contribution >= 0.6 is 0 Å². The second kappa shape index (κ2) is 5.77. The molecule has 0 saturated heterocycles. The van der Waals surface area contributed by atoms with Gasteiger partial charge >= 0.3 is 0 Å². The van der Waals surface area contributed by atoms with Gasteiger partial charge in [0.25, 0.3) is 5.91 Å². The number of rotatable bonds is 4. The van der Waals surface area contributed by atoms with Crippen LogP contribution < -0.4 is 11.1 Å². The van der Waals surface area contributed by atoms with Crippen LogP contribution in [0, 0.1) is 6.92 Å². The normalized spacial score (nSPS) is 12.2. The van der Waals surface area contributed by atoms with Crippen molar-refractivity contribution in [3.63, 3.8) is 0 Å². The highest BCUT2D eigenvalue weighted by molar-refractivity contribution is 5.93. The van der Waals surface area contributed by atoms with E-state index < -0.39 is 0 Å². The number of aromatic nitrogens is 2. The van der Waals surface area contributed by atoms with Crippen LogP contribution in [0.2, 0.25) is 0 Å². The molecule has 1 amide bonds. The first kappa shape index (κ1) is 14.1. The molecule has 20 heavy (non-hydrogen) atoms. The van der Waals surface area contributed by atoms with Crippen LogP contribution in [0.5, 0.6) is 0 Å². The fourth-order valence-electron chi connectivity index (χ4n) is 2.22. The van der Waals surface area contributed by atoms with Gasteiger partial charge in [-0.1, -0.05) is 18.2 Å². The van der Waals surface area contributed by atoms with Gasteiger partial charge in [0.1, 0.15) is 5.69 Å². The van der Waals surface area contributed by atoms with Crippen LogP contribution in [0.4, 0.5) is 5.69 Å². The molecule has 106 valence electrons. The van der Waals surface area contributed by atoms with E-state index in [4.69, 9.17) is 5.73 Å². The van der Waals surface area contributed by atoms with Gasteiger partial charge in [-0.25, -0.2) is 0 Å². The van der Waals surface area contributed by atoms with E-state index in [1.165, 1.54) is 0 Å². The van der Waals surface area contributed by atoms with E-state index >= 15 is 0 Å². The number of nitrogens with two attached hydrogens (primary N) is 1. The third-order valence-electron chi connectivity index (χ3n) is 3.24. The Kier molecular flexibility index (Phi) is 4.08. The molecule has 5 nitrogen and oxygen atoms in total. The molecule has 1 unspecified atom stereocenters. The Labute approximate surface area is 118 Å². The molecule has 0 fully saturated rings. The average Bonchev–Trinajstić information content (AvgIpc) is 2.80. The highest BCUT2D eigenvalue weighted by Gasteiger charge is 2.17. The molecule has 2 rings (SSSR count). The topological polar surface area (TPSA) is 72.9 Å². The summed E-state index contributed by atoms with van der Waals surface area (Å²) in [5, 5.41) is 7.24. The Morgan fingerprint density at radius 1 is 1.45 bits per heavy atom. The van der Waals surface area contributed by atoms with Gasteiger partial charge in [0.15, 0.2) is 0 Å². The van der Waals surface area contributed by atoms with Crippen molar-refractivity contribution in [1.29, 1.82) is 0 Å². The molecule has 0 aliphatic rings. The molecule has 1 aromatic heterocycles. The number of nitrogens with one attached hydrogen (secondary N) is 1. The molecule has 1 atom stereocenters. The summed E-state index contributed by atoms with van der Waals surface area (Å²) >= 11 is 0. The summed E-state index contributed by atoms with van der Waals surface area (Å²) in [6.45, 7) is 6.42. The van der Waals surface area contributed by atoms with Crippen LogP contribution in [0.3, 0.4) is 0 Å². The van der Waals surface area contributed by atoms with Gasteiger partial charge in [-0.05, 0) is 38.5 Å². The predicted molar refractivity (Wildman–Crippen MR) is 79.4 cm³/mol. The molecule has 0 aliphatic heterocycles. The Bertz CT molecular complexity index is 618. The van der Waals surface area contributed by atoms with Crippen molar-refractivity contribution in [3.8, 4) is 0 Å². The number of aryl methyl sites for hydroxylation is 2. The Balaban J connectivity index is 2.17. The number of carbonyl (C=O) groups is 1. The van der Waals surface area contributed by atoms with E-state index in [1.807, 2.05) is 45.0 Å². The quantitative estimate of drug-likeness (QED) is 0.839. The fraction of sp³-hybridized carbons (Fsp3) is 0.333. The summed E-state index contributed by atoms with van der Waals surface area (Å²) in [5.74, 6) is -0.136. The Hall–Kier alpha value is -2.30. The van der Waals surface area contributed by atoms with Gasteiger partial charge in [-0.3, -0.25) is 9.48 Å². The second-order valence-corrected chi connectivity index (χ2v) is 4.81. The molecule has 1 aromatic carbocycles. The fourth-order valence-corrected chi connectivity index (χ4v) is 2.22. The number of para-hydroxylation sites is 1. The standard InChI is InChI=1S/C15H20N4O/c1-4-19-14(9-10(2)18-19)15(20)17-11(3)12-7-5-6-8-13(12)16/h5-9,11H,4,16H2,1-3H3,(H,17,20). The highest BCUT2D eigenvalue weighted by atomic mass is 16.2. The number of amides is 1. The number of nitrogen functional groups attached to an aromatic ring is 1. The SMILES string of the molecule is CCn1nc(C)cc1C(=O)NC(C)c1ccccc1N. The molecular weight excluding hydrogens is 252 g/mol. The van der Waals surface area contributed by atoms with Crippen molar-refractivity contribution in [1.82, 2.24) is 15.1 Å². The van der Waals surface area contributed by atoms with Gasteiger partial charge < -0.3 is 11.1 Å².